The third-order valence-electron chi connectivity index (χ3n) is 2.49. The molecule has 0 aromatic carbocycles. The second-order valence-electron chi connectivity index (χ2n) is 3.43. The number of ether oxygens (including phenoxy) is 1. The number of rotatable bonds is 2. The molecule has 2 atom stereocenters. The van der Waals surface area contributed by atoms with E-state index in [0.29, 0.717) is 6.10 Å². The monoisotopic (exact) mass is 157 g/mol. The molecule has 11 heavy (non-hydrogen) atoms. The van der Waals surface area contributed by atoms with Gasteiger partial charge in [0, 0.05) is 19.1 Å². The van der Waals surface area contributed by atoms with Crippen molar-refractivity contribution in [3.8, 4) is 0 Å². The van der Waals surface area contributed by atoms with Crippen LogP contribution in [0.15, 0.2) is 0 Å². The molecule has 0 N–H and O–H groups in total. The van der Waals surface area contributed by atoms with Crippen molar-refractivity contribution in [2.24, 2.45) is 0 Å². The van der Waals surface area contributed by atoms with Gasteiger partial charge in [-0.1, -0.05) is 6.92 Å². The molecule has 1 unspecified atom stereocenters. The van der Waals surface area contributed by atoms with E-state index in [9.17, 15) is 0 Å². The smallest absolute Gasteiger partial charge is 0.0674 e. The Morgan fingerprint density at radius 1 is 1.64 bits per heavy atom. The van der Waals surface area contributed by atoms with Crippen molar-refractivity contribution in [1.82, 2.24) is 4.90 Å². The number of nitrogens with zero attached hydrogens (tertiary/aromatic N) is 1. The molecule has 0 bridgehead atoms. The summed E-state index contributed by atoms with van der Waals surface area (Å²) < 4.78 is 5.46. The van der Waals surface area contributed by atoms with E-state index in [4.69, 9.17) is 4.74 Å². The Hall–Kier alpha value is -0.0800. The molecule has 1 aliphatic heterocycles. The van der Waals surface area contributed by atoms with Crippen LogP contribution >= 0.6 is 0 Å². The van der Waals surface area contributed by atoms with Crippen molar-refractivity contribution in [3.63, 3.8) is 0 Å². The number of hydrogen-bond acceptors (Lipinski definition) is 2. The van der Waals surface area contributed by atoms with Gasteiger partial charge in [-0.25, -0.2) is 0 Å². The van der Waals surface area contributed by atoms with Crippen LogP contribution in [-0.4, -0.2) is 36.7 Å². The molecule has 0 aromatic rings. The van der Waals surface area contributed by atoms with Crippen LogP contribution in [0.25, 0.3) is 0 Å². The molecule has 1 fully saturated rings. The third kappa shape index (κ3) is 2.46. The lowest BCUT2D eigenvalue weighted by molar-refractivity contribution is -0.0318. The van der Waals surface area contributed by atoms with Crippen LogP contribution in [0.5, 0.6) is 0 Å². The van der Waals surface area contributed by atoms with Crippen LogP contribution in [0, 0.1) is 0 Å². The lowest BCUT2D eigenvalue weighted by atomic mass is 10.2. The highest BCUT2D eigenvalue weighted by molar-refractivity contribution is 4.72. The fourth-order valence-corrected chi connectivity index (χ4v) is 1.50. The van der Waals surface area contributed by atoms with Crippen molar-refractivity contribution < 1.29 is 4.74 Å². The highest BCUT2D eigenvalue weighted by atomic mass is 16.5. The van der Waals surface area contributed by atoms with Crippen molar-refractivity contribution in [2.45, 2.75) is 39.3 Å². The van der Waals surface area contributed by atoms with E-state index in [-0.39, 0.29) is 0 Å². The van der Waals surface area contributed by atoms with Gasteiger partial charge in [0.1, 0.15) is 0 Å². The zero-order chi connectivity index (χ0) is 8.27. The van der Waals surface area contributed by atoms with E-state index in [0.717, 1.165) is 25.7 Å². The molecule has 0 aromatic heterocycles. The maximum Gasteiger partial charge on any atom is 0.0674 e. The fraction of sp³-hybridized carbons (Fsp3) is 1.00. The van der Waals surface area contributed by atoms with Crippen LogP contribution < -0.4 is 0 Å². The van der Waals surface area contributed by atoms with Gasteiger partial charge in [0.2, 0.25) is 0 Å². The summed E-state index contributed by atoms with van der Waals surface area (Å²) in [4.78, 5) is 2.51. The van der Waals surface area contributed by atoms with Crippen LogP contribution in [0.1, 0.15) is 27.2 Å². The summed E-state index contributed by atoms with van der Waals surface area (Å²) in [6.07, 6.45) is 1.67. The molecule has 0 radical (unpaired) electrons. The zero-order valence-electron chi connectivity index (χ0n) is 7.84. The highest BCUT2D eigenvalue weighted by Gasteiger charge is 2.19. The normalized spacial score (nSPS) is 30.3. The highest BCUT2D eigenvalue weighted by Crippen LogP contribution is 2.09. The van der Waals surface area contributed by atoms with Gasteiger partial charge in [-0.3, -0.25) is 4.90 Å². The zero-order valence-corrected chi connectivity index (χ0v) is 7.84. The van der Waals surface area contributed by atoms with Gasteiger partial charge in [0.25, 0.3) is 0 Å². The molecule has 0 aliphatic carbocycles. The Balaban J connectivity index is 2.33. The number of morpholine rings is 1. The Morgan fingerprint density at radius 2 is 2.36 bits per heavy atom. The SMILES string of the molecule is CCC(C)N1CCO[C@H](C)C1. The summed E-state index contributed by atoms with van der Waals surface area (Å²) in [7, 11) is 0. The van der Waals surface area contributed by atoms with Gasteiger partial charge in [0.15, 0.2) is 0 Å². The fourth-order valence-electron chi connectivity index (χ4n) is 1.50. The summed E-state index contributed by atoms with van der Waals surface area (Å²) in [5, 5.41) is 0. The second-order valence-corrected chi connectivity index (χ2v) is 3.43. The van der Waals surface area contributed by atoms with Crippen molar-refractivity contribution in [1.29, 1.82) is 0 Å². The molecule has 1 saturated heterocycles. The van der Waals surface area contributed by atoms with Gasteiger partial charge in [-0.2, -0.15) is 0 Å². The largest absolute Gasteiger partial charge is 0.376 e. The molecule has 1 aliphatic rings. The molecule has 2 nitrogen and oxygen atoms in total. The van der Waals surface area contributed by atoms with Gasteiger partial charge < -0.3 is 4.74 Å². The quantitative estimate of drug-likeness (QED) is 0.602. The minimum atomic E-state index is 0.428. The molecule has 2 heteroatoms. The minimum absolute atomic E-state index is 0.428. The van der Waals surface area contributed by atoms with Gasteiger partial charge >= 0.3 is 0 Å². The van der Waals surface area contributed by atoms with Crippen molar-refractivity contribution >= 4 is 0 Å². The van der Waals surface area contributed by atoms with Crippen LogP contribution in [-0.2, 0) is 4.74 Å². The molecule has 1 rings (SSSR count). The molecule has 0 amide bonds. The summed E-state index contributed by atoms with van der Waals surface area (Å²) >= 11 is 0. The van der Waals surface area contributed by atoms with Gasteiger partial charge in [0.05, 0.1) is 12.7 Å². The van der Waals surface area contributed by atoms with E-state index in [1.807, 2.05) is 0 Å². The predicted octanol–water partition coefficient (Wildman–Crippen LogP) is 1.51. The predicted molar refractivity (Wildman–Crippen MR) is 46.7 cm³/mol. The van der Waals surface area contributed by atoms with E-state index in [1.165, 1.54) is 6.42 Å². The van der Waals surface area contributed by atoms with Crippen molar-refractivity contribution in [3.05, 3.63) is 0 Å². The summed E-state index contributed by atoms with van der Waals surface area (Å²) in [6, 6.07) is 0.723. The summed E-state index contributed by atoms with van der Waals surface area (Å²) in [6.45, 7) is 9.80. The molecule has 0 spiro atoms. The van der Waals surface area contributed by atoms with Crippen molar-refractivity contribution in [2.75, 3.05) is 19.7 Å². The third-order valence-corrected chi connectivity index (χ3v) is 2.49. The first kappa shape index (κ1) is 9.01. The first-order chi connectivity index (χ1) is 5.24. The van der Waals surface area contributed by atoms with E-state index in [1.54, 1.807) is 0 Å². The van der Waals surface area contributed by atoms with E-state index >= 15 is 0 Å². The standard InChI is InChI=1S/C9H19NO/c1-4-8(2)10-5-6-11-9(3)7-10/h8-9H,4-7H2,1-3H3/t8?,9-/m1/s1. The molecule has 0 saturated carbocycles. The first-order valence-electron chi connectivity index (χ1n) is 4.59. The average Bonchev–Trinajstić information content (AvgIpc) is 2.03. The Morgan fingerprint density at radius 3 is 2.91 bits per heavy atom. The molecular formula is C9H19NO. The second kappa shape index (κ2) is 4.07. The summed E-state index contributed by atoms with van der Waals surface area (Å²) in [5.41, 5.74) is 0. The molecule has 1 heterocycles. The maximum absolute atomic E-state index is 5.46. The Bertz CT molecular complexity index is 116. The van der Waals surface area contributed by atoms with Gasteiger partial charge in [-0.05, 0) is 20.3 Å². The number of hydrogen-bond donors (Lipinski definition) is 0. The topological polar surface area (TPSA) is 12.5 Å². The van der Waals surface area contributed by atoms with Gasteiger partial charge in [-0.15, -0.1) is 0 Å². The van der Waals surface area contributed by atoms with Crippen LogP contribution in [0.4, 0.5) is 0 Å². The summed E-state index contributed by atoms with van der Waals surface area (Å²) in [5.74, 6) is 0. The van der Waals surface area contributed by atoms with E-state index < -0.39 is 0 Å². The van der Waals surface area contributed by atoms with Crippen LogP contribution in [0.2, 0.25) is 0 Å². The van der Waals surface area contributed by atoms with E-state index in [2.05, 4.69) is 25.7 Å². The average molecular weight is 157 g/mol. The minimum Gasteiger partial charge on any atom is -0.376 e. The Labute approximate surface area is 69.5 Å². The van der Waals surface area contributed by atoms with Crippen LogP contribution in [0.3, 0.4) is 0 Å². The first-order valence-corrected chi connectivity index (χ1v) is 4.59. The lowest BCUT2D eigenvalue weighted by Gasteiger charge is -2.35. The molecule has 66 valence electrons. The molecular weight excluding hydrogens is 138 g/mol. The maximum atomic E-state index is 5.46. The lowest BCUT2D eigenvalue weighted by Crippen LogP contribution is -2.45. The Kier molecular flexibility index (Phi) is 3.34.